The Kier molecular flexibility index (Phi) is 5.57. The standard InChI is InChI=1S/C22H16FN5O3S/c1-31-21-13-25-19-10-9-18(16(12-24)22(19)27-21)26-20-11-14(7-8-17(20)23)28-32(29,30)15-5-3-2-4-6-15/h2-11,13,26,28H,1H3. The van der Waals surface area contributed by atoms with E-state index in [4.69, 9.17) is 4.74 Å². The first-order valence-corrected chi connectivity index (χ1v) is 10.8. The van der Waals surface area contributed by atoms with Crippen molar-refractivity contribution in [2.45, 2.75) is 4.90 Å². The molecule has 32 heavy (non-hydrogen) atoms. The minimum Gasteiger partial charge on any atom is -0.480 e. The van der Waals surface area contributed by atoms with Gasteiger partial charge in [-0.25, -0.2) is 22.8 Å². The number of nitriles is 1. The number of methoxy groups -OCH3 is 1. The molecule has 0 saturated heterocycles. The minimum atomic E-state index is -3.85. The second-order valence-corrected chi connectivity index (χ2v) is 8.30. The van der Waals surface area contributed by atoms with Crippen molar-refractivity contribution in [3.05, 3.63) is 78.2 Å². The lowest BCUT2D eigenvalue weighted by Crippen LogP contribution is -2.13. The van der Waals surface area contributed by atoms with Gasteiger partial charge in [0.2, 0.25) is 5.88 Å². The first-order chi connectivity index (χ1) is 15.4. The van der Waals surface area contributed by atoms with E-state index in [-0.39, 0.29) is 38.9 Å². The van der Waals surface area contributed by atoms with Gasteiger partial charge in [0.15, 0.2) is 0 Å². The van der Waals surface area contributed by atoms with E-state index < -0.39 is 15.8 Å². The van der Waals surface area contributed by atoms with Gasteiger partial charge in [-0.05, 0) is 42.5 Å². The number of aromatic nitrogens is 2. The molecule has 0 unspecified atom stereocenters. The van der Waals surface area contributed by atoms with Gasteiger partial charge in [0, 0.05) is 0 Å². The summed E-state index contributed by atoms with van der Waals surface area (Å²) in [5.74, 6) is -0.400. The molecular formula is C22H16FN5O3S. The van der Waals surface area contributed by atoms with Gasteiger partial charge in [0.1, 0.15) is 23.0 Å². The van der Waals surface area contributed by atoms with Crippen LogP contribution in [0.5, 0.6) is 5.88 Å². The number of fused-ring (bicyclic) bond motifs is 1. The number of hydrogen-bond acceptors (Lipinski definition) is 7. The molecule has 0 radical (unpaired) electrons. The van der Waals surface area contributed by atoms with Crippen LogP contribution in [0.2, 0.25) is 0 Å². The maximum Gasteiger partial charge on any atom is 0.261 e. The molecule has 1 aromatic heterocycles. The summed E-state index contributed by atoms with van der Waals surface area (Å²) in [5, 5.41) is 12.5. The van der Waals surface area contributed by atoms with Crippen molar-refractivity contribution in [1.82, 2.24) is 9.97 Å². The monoisotopic (exact) mass is 449 g/mol. The van der Waals surface area contributed by atoms with Crippen molar-refractivity contribution >= 4 is 38.1 Å². The van der Waals surface area contributed by atoms with Crippen LogP contribution in [0.1, 0.15) is 5.56 Å². The predicted molar refractivity (Wildman–Crippen MR) is 118 cm³/mol. The molecule has 10 heteroatoms. The van der Waals surface area contributed by atoms with Crippen molar-refractivity contribution in [3.63, 3.8) is 0 Å². The second-order valence-electron chi connectivity index (χ2n) is 6.62. The van der Waals surface area contributed by atoms with Crippen LogP contribution in [0.3, 0.4) is 0 Å². The number of hydrogen-bond donors (Lipinski definition) is 2. The molecule has 0 fully saturated rings. The molecule has 3 aromatic carbocycles. The number of rotatable bonds is 6. The summed E-state index contributed by atoms with van der Waals surface area (Å²) < 4.78 is 47.1. The van der Waals surface area contributed by atoms with E-state index in [1.807, 2.05) is 6.07 Å². The SMILES string of the molecule is COc1cnc2ccc(Nc3cc(NS(=O)(=O)c4ccccc4)ccc3F)c(C#N)c2n1. The lowest BCUT2D eigenvalue weighted by atomic mass is 10.1. The molecule has 0 aliphatic rings. The zero-order valence-electron chi connectivity index (χ0n) is 16.7. The van der Waals surface area contributed by atoms with Crippen LogP contribution in [-0.2, 0) is 10.0 Å². The molecule has 4 rings (SSSR count). The predicted octanol–water partition coefficient (Wildman–Crippen LogP) is 4.19. The fourth-order valence-corrected chi connectivity index (χ4v) is 4.09. The number of ether oxygens (including phenoxy) is 1. The molecule has 0 aliphatic carbocycles. The molecule has 1 heterocycles. The second kappa shape index (κ2) is 8.49. The van der Waals surface area contributed by atoms with Crippen LogP contribution in [0.4, 0.5) is 21.5 Å². The first kappa shape index (κ1) is 21.0. The lowest BCUT2D eigenvalue weighted by molar-refractivity contribution is 0.397. The highest BCUT2D eigenvalue weighted by molar-refractivity contribution is 7.92. The zero-order valence-corrected chi connectivity index (χ0v) is 17.5. The number of anilines is 3. The molecule has 0 amide bonds. The van der Waals surface area contributed by atoms with E-state index in [1.165, 1.54) is 37.6 Å². The maximum absolute atomic E-state index is 14.5. The molecular weight excluding hydrogens is 433 g/mol. The van der Waals surface area contributed by atoms with Crippen LogP contribution in [0.25, 0.3) is 11.0 Å². The van der Waals surface area contributed by atoms with Crippen molar-refractivity contribution in [3.8, 4) is 11.9 Å². The average Bonchev–Trinajstić information content (AvgIpc) is 2.81. The highest BCUT2D eigenvalue weighted by atomic mass is 32.2. The number of sulfonamides is 1. The van der Waals surface area contributed by atoms with Crippen LogP contribution in [-0.4, -0.2) is 25.5 Å². The highest BCUT2D eigenvalue weighted by Crippen LogP contribution is 2.30. The van der Waals surface area contributed by atoms with Crippen molar-refractivity contribution in [2.24, 2.45) is 0 Å². The van der Waals surface area contributed by atoms with Gasteiger partial charge >= 0.3 is 0 Å². The molecule has 0 saturated carbocycles. The van der Waals surface area contributed by atoms with Crippen molar-refractivity contribution in [1.29, 1.82) is 5.26 Å². The fraction of sp³-hybridized carbons (Fsp3) is 0.0455. The number of nitrogens with zero attached hydrogens (tertiary/aromatic N) is 3. The number of benzene rings is 3. The summed E-state index contributed by atoms with van der Waals surface area (Å²) in [7, 11) is -2.42. The van der Waals surface area contributed by atoms with Gasteiger partial charge in [0.05, 0.1) is 40.8 Å². The quantitative estimate of drug-likeness (QED) is 0.453. The Morgan fingerprint density at radius 3 is 2.56 bits per heavy atom. The molecule has 0 atom stereocenters. The Hall–Kier alpha value is -4.23. The maximum atomic E-state index is 14.5. The van der Waals surface area contributed by atoms with Crippen LogP contribution < -0.4 is 14.8 Å². The third-order valence-electron chi connectivity index (χ3n) is 4.56. The third kappa shape index (κ3) is 4.14. The topological polar surface area (TPSA) is 117 Å². The summed E-state index contributed by atoms with van der Waals surface area (Å²) in [6, 6.07) is 16.8. The van der Waals surface area contributed by atoms with Gasteiger partial charge in [0.25, 0.3) is 10.0 Å². The van der Waals surface area contributed by atoms with Crippen LogP contribution in [0.15, 0.2) is 71.8 Å². The van der Waals surface area contributed by atoms with Gasteiger partial charge in [-0.15, -0.1) is 0 Å². The highest BCUT2D eigenvalue weighted by Gasteiger charge is 2.16. The molecule has 160 valence electrons. The van der Waals surface area contributed by atoms with Gasteiger partial charge in [-0.1, -0.05) is 18.2 Å². The fourth-order valence-electron chi connectivity index (χ4n) is 3.02. The molecule has 4 aromatic rings. The Morgan fingerprint density at radius 2 is 1.84 bits per heavy atom. The smallest absolute Gasteiger partial charge is 0.261 e. The normalized spacial score (nSPS) is 11.0. The third-order valence-corrected chi connectivity index (χ3v) is 5.95. The zero-order chi connectivity index (χ0) is 22.7. The minimum absolute atomic E-state index is 0.0232. The van der Waals surface area contributed by atoms with Gasteiger partial charge < -0.3 is 10.1 Å². The average molecular weight is 449 g/mol. The Labute approximate surface area is 183 Å². The van der Waals surface area contributed by atoms with E-state index in [2.05, 4.69) is 20.0 Å². The molecule has 2 N–H and O–H groups in total. The number of nitrogens with one attached hydrogen (secondary N) is 2. The summed E-state index contributed by atoms with van der Waals surface area (Å²) in [6.45, 7) is 0. The van der Waals surface area contributed by atoms with E-state index in [1.54, 1.807) is 30.3 Å². The summed E-state index contributed by atoms with van der Waals surface area (Å²) in [4.78, 5) is 8.53. The Morgan fingerprint density at radius 1 is 1.06 bits per heavy atom. The van der Waals surface area contributed by atoms with Gasteiger partial charge in [-0.3, -0.25) is 4.72 Å². The van der Waals surface area contributed by atoms with Gasteiger partial charge in [-0.2, -0.15) is 5.26 Å². The van der Waals surface area contributed by atoms with Crippen LogP contribution >= 0.6 is 0 Å². The van der Waals surface area contributed by atoms with Crippen molar-refractivity contribution in [2.75, 3.05) is 17.1 Å². The molecule has 0 spiro atoms. The lowest BCUT2D eigenvalue weighted by Gasteiger charge is -2.13. The van der Waals surface area contributed by atoms with Crippen molar-refractivity contribution < 1.29 is 17.5 Å². The van der Waals surface area contributed by atoms with E-state index in [0.717, 1.165) is 6.07 Å². The van der Waals surface area contributed by atoms with E-state index >= 15 is 0 Å². The Balaban J connectivity index is 1.70. The summed E-state index contributed by atoms with van der Waals surface area (Å²) in [6.07, 6.45) is 1.43. The molecule has 8 nitrogen and oxygen atoms in total. The van der Waals surface area contributed by atoms with E-state index in [0.29, 0.717) is 5.52 Å². The molecule has 0 bridgehead atoms. The van der Waals surface area contributed by atoms with Crippen LogP contribution in [0, 0.1) is 17.1 Å². The Bertz CT molecular complexity index is 1450. The largest absolute Gasteiger partial charge is 0.480 e. The molecule has 0 aliphatic heterocycles. The summed E-state index contributed by atoms with van der Waals surface area (Å²) in [5.41, 5.74) is 1.31. The van der Waals surface area contributed by atoms with E-state index in [9.17, 15) is 18.1 Å². The summed E-state index contributed by atoms with van der Waals surface area (Å²) >= 11 is 0. The number of halogens is 1. The first-order valence-electron chi connectivity index (χ1n) is 9.29.